The van der Waals surface area contributed by atoms with Crippen LogP contribution < -0.4 is 10.5 Å². The fourth-order valence-electron chi connectivity index (χ4n) is 3.34. The Hall–Kier alpha value is -2.60. The van der Waals surface area contributed by atoms with Crippen LogP contribution in [0.15, 0.2) is 36.4 Å². The van der Waals surface area contributed by atoms with Gasteiger partial charge in [-0.05, 0) is 37.1 Å². The minimum atomic E-state index is -0.595. The molecule has 0 saturated carbocycles. The second kappa shape index (κ2) is 7.33. The Balaban J connectivity index is 1.81. The standard InChI is InChI=1S/C20H23FN2O3/c1-12-6-4-7-13(2)18(12)20(24)23-10-16(25-3)17(11-23)26-15-9-5-8-14(22)19(15)21/h4-9,16-17H,10-11,22H2,1-3H3. The Kier molecular flexibility index (Phi) is 5.13. The summed E-state index contributed by atoms with van der Waals surface area (Å²) >= 11 is 0. The van der Waals surface area contributed by atoms with Crippen LogP contribution in [-0.4, -0.2) is 43.2 Å². The van der Waals surface area contributed by atoms with Crippen molar-refractivity contribution in [2.45, 2.75) is 26.1 Å². The molecule has 0 aromatic heterocycles. The molecule has 2 aromatic carbocycles. The molecule has 1 amide bonds. The second-order valence-corrected chi connectivity index (χ2v) is 6.57. The maximum Gasteiger partial charge on any atom is 0.254 e. The molecule has 1 fully saturated rings. The van der Waals surface area contributed by atoms with Gasteiger partial charge >= 0.3 is 0 Å². The minimum absolute atomic E-state index is 0.0259. The second-order valence-electron chi connectivity index (χ2n) is 6.57. The van der Waals surface area contributed by atoms with E-state index >= 15 is 0 Å². The van der Waals surface area contributed by atoms with Crippen molar-refractivity contribution >= 4 is 11.6 Å². The number of nitrogen functional groups attached to an aromatic ring is 1. The van der Waals surface area contributed by atoms with E-state index in [1.807, 2.05) is 32.0 Å². The number of nitrogens with zero attached hydrogens (tertiary/aromatic N) is 1. The number of halogens is 1. The third-order valence-electron chi connectivity index (χ3n) is 4.77. The number of hydrogen-bond acceptors (Lipinski definition) is 4. The zero-order valence-corrected chi connectivity index (χ0v) is 15.2. The molecule has 1 aliphatic heterocycles. The van der Waals surface area contributed by atoms with Crippen LogP contribution in [0.1, 0.15) is 21.5 Å². The van der Waals surface area contributed by atoms with E-state index in [0.29, 0.717) is 18.7 Å². The highest BCUT2D eigenvalue weighted by Gasteiger charge is 2.38. The van der Waals surface area contributed by atoms with Crippen molar-refractivity contribution in [3.8, 4) is 5.75 Å². The maximum absolute atomic E-state index is 14.1. The van der Waals surface area contributed by atoms with E-state index in [2.05, 4.69) is 0 Å². The van der Waals surface area contributed by atoms with E-state index in [1.165, 1.54) is 12.1 Å². The fraction of sp³-hybridized carbons (Fsp3) is 0.350. The smallest absolute Gasteiger partial charge is 0.254 e. The number of carbonyl (C=O) groups is 1. The van der Waals surface area contributed by atoms with Gasteiger partial charge in [0.05, 0.1) is 18.8 Å². The first kappa shape index (κ1) is 18.2. The van der Waals surface area contributed by atoms with Crippen molar-refractivity contribution < 1.29 is 18.7 Å². The number of nitrogens with two attached hydrogens (primary N) is 1. The molecule has 26 heavy (non-hydrogen) atoms. The van der Waals surface area contributed by atoms with Crippen molar-refractivity contribution in [1.82, 2.24) is 4.90 Å². The fourth-order valence-corrected chi connectivity index (χ4v) is 3.34. The third kappa shape index (κ3) is 3.37. The molecule has 138 valence electrons. The van der Waals surface area contributed by atoms with Crippen LogP contribution in [0.4, 0.5) is 10.1 Å². The van der Waals surface area contributed by atoms with Crippen LogP contribution in [0.25, 0.3) is 0 Å². The number of rotatable bonds is 4. The van der Waals surface area contributed by atoms with Crippen LogP contribution in [0.3, 0.4) is 0 Å². The van der Waals surface area contributed by atoms with Gasteiger partial charge in [-0.25, -0.2) is 4.39 Å². The average Bonchev–Trinajstić information content (AvgIpc) is 3.01. The lowest BCUT2D eigenvalue weighted by atomic mass is 10.0. The van der Waals surface area contributed by atoms with Crippen LogP contribution in [0.2, 0.25) is 0 Å². The number of hydrogen-bond donors (Lipinski definition) is 1. The number of methoxy groups -OCH3 is 1. The first-order chi connectivity index (χ1) is 12.4. The molecule has 1 saturated heterocycles. The molecule has 0 aliphatic carbocycles. The van der Waals surface area contributed by atoms with E-state index in [9.17, 15) is 9.18 Å². The number of carbonyl (C=O) groups excluding carboxylic acids is 1. The molecule has 0 bridgehead atoms. The van der Waals surface area contributed by atoms with Gasteiger partial charge in [-0.3, -0.25) is 4.79 Å². The molecule has 2 atom stereocenters. The predicted molar refractivity (Wildman–Crippen MR) is 97.8 cm³/mol. The Labute approximate surface area is 152 Å². The molecule has 2 N–H and O–H groups in total. The lowest BCUT2D eigenvalue weighted by Gasteiger charge is -2.20. The quantitative estimate of drug-likeness (QED) is 0.854. The lowest BCUT2D eigenvalue weighted by Crippen LogP contribution is -2.32. The maximum atomic E-state index is 14.1. The largest absolute Gasteiger partial charge is 0.483 e. The summed E-state index contributed by atoms with van der Waals surface area (Å²) in [4.78, 5) is 14.7. The Morgan fingerprint density at radius 2 is 1.73 bits per heavy atom. The molecular formula is C20H23FN2O3. The van der Waals surface area contributed by atoms with Gasteiger partial charge in [-0.2, -0.15) is 0 Å². The minimum Gasteiger partial charge on any atom is -0.483 e. The number of benzene rings is 2. The number of aryl methyl sites for hydroxylation is 2. The summed E-state index contributed by atoms with van der Waals surface area (Å²) in [5.74, 6) is -0.595. The van der Waals surface area contributed by atoms with Crippen LogP contribution in [0.5, 0.6) is 5.75 Å². The van der Waals surface area contributed by atoms with Crippen molar-refractivity contribution in [2.24, 2.45) is 0 Å². The van der Waals surface area contributed by atoms with E-state index in [1.54, 1.807) is 18.1 Å². The van der Waals surface area contributed by atoms with Crippen LogP contribution in [-0.2, 0) is 4.74 Å². The number of amides is 1. The highest BCUT2D eigenvalue weighted by molar-refractivity contribution is 5.97. The molecule has 2 aromatic rings. The molecule has 3 rings (SSSR count). The Morgan fingerprint density at radius 3 is 2.38 bits per heavy atom. The van der Waals surface area contributed by atoms with Gasteiger partial charge < -0.3 is 20.1 Å². The summed E-state index contributed by atoms with van der Waals surface area (Å²) in [6.07, 6.45) is -0.811. The van der Waals surface area contributed by atoms with Gasteiger partial charge in [0.25, 0.3) is 5.91 Å². The third-order valence-corrected chi connectivity index (χ3v) is 4.77. The van der Waals surface area contributed by atoms with Crippen molar-refractivity contribution in [2.75, 3.05) is 25.9 Å². The first-order valence-electron chi connectivity index (χ1n) is 8.51. The molecule has 2 unspecified atom stereocenters. The SMILES string of the molecule is COC1CN(C(=O)c2c(C)cccc2C)CC1Oc1cccc(N)c1F. The van der Waals surface area contributed by atoms with Crippen molar-refractivity contribution in [1.29, 1.82) is 0 Å². The van der Waals surface area contributed by atoms with Gasteiger partial charge in [-0.1, -0.05) is 24.3 Å². The summed E-state index contributed by atoms with van der Waals surface area (Å²) in [7, 11) is 1.56. The van der Waals surface area contributed by atoms with E-state index in [0.717, 1.165) is 11.1 Å². The molecular weight excluding hydrogens is 335 g/mol. The summed E-state index contributed by atoms with van der Waals surface area (Å²) in [6, 6.07) is 10.4. The normalized spacial score (nSPS) is 19.6. The number of likely N-dealkylation sites (tertiary alicyclic amines) is 1. The summed E-state index contributed by atoms with van der Waals surface area (Å²) in [5, 5.41) is 0. The summed E-state index contributed by atoms with van der Waals surface area (Å²) in [6.45, 7) is 4.54. The van der Waals surface area contributed by atoms with E-state index in [4.69, 9.17) is 15.2 Å². The molecule has 5 nitrogen and oxygen atoms in total. The van der Waals surface area contributed by atoms with Gasteiger partial charge in [0.15, 0.2) is 11.6 Å². The lowest BCUT2D eigenvalue weighted by molar-refractivity contribution is 0.0323. The Bertz CT molecular complexity index is 804. The van der Waals surface area contributed by atoms with Gasteiger partial charge in [0.2, 0.25) is 0 Å². The molecule has 1 heterocycles. The Morgan fingerprint density at radius 1 is 1.12 bits per heavy atom. The zero-order chi connectivity index (χ0) is 18.8. The monoisotopic (exact) mass is 358 g/mol. The molecule has 1 aliphatic rings. The van der Waals surface area contributed by atoms with Crippen molar-refractivity contribution in [3.63, 3.8) is 0 Å². The van der Waals surface area contributed by atoms with Gasteiger partial charge in [-0.15, -0.1) is 0 Å². The summed E-state index contributed by atoms with van der Waals surface area (Å²) < 4.78 is 25.4. The van der Waals surface area contributed by atoms with Crippen LogP contribution >= 0.6 is 0 Å². The zero-order valence-electron chi connectivity index (χ0n) is 15.2. The highest BCUT2D eigenvalue weighted by Crippen LogP contribution is 2.27. The predicted octanol–water partition coefficient (Wildman–Crippen LogP) is 2.94. The van der Waals surface area contributed by atoms with Crippen molar-refractivity contribution in [3.05, 3.63) is 58.9 Å². The van der Waals surface area contributed by atoms with Gasteiger partial charge in [0.1, 0.15) is 12.2 Å². The topological polar surface area (TPSA) is 64.8 Å². The van der Waals surface area contributed by atoms with Gasteiger partial charge in [0, 0.05) is 12.7 Å². The first-order valence-corrected chi connectivity index (χ1v) is 8.51. The number of anilines is 1. The average molecular weight is 358 g/mol. The molecule has 0 radical (unpaired) electrons. The summed E-state index contributed by atoms with van der Waals surface area (Å²) in [5.41, 5.74) is 8.17. The van der Waals surface area contributed by atoms with Crippen LogP contribution in [0, 0.1) is 19.7 Å². The molecule has 6 heteroatoms. The van der Waals surface area contributed by atoms with E-state index < -0.39 is 11.9 Å². The van der Waals surface area contributed by atoms with E-state index in [-0.39, 0.29) is 23.4 Å². The number of ether oxygens (including phenoxy) is 2. The molecule has 0 spiro atoms. The highest BCUT2D eigenvalue weighted by atomic mass is 19.1.